The lowest BCUT2D eigenvalue weighted by molar-refractivity contribution is -0.124. The summed E-state index contributed by atoms with van der Waals surface area (Å²) in [5.41, 5.74) is 5.96. The van der Waals surface area contributed by atoms with Crippen molar-refractivity contribution in [2.45, 2.75) is 44.3 Å². The third-order valence-electron chi connectivity index (χ3n) is 8.50. The fraction of sp³-hybridized carbons (Fsp3) is 0.343. The molecule has 1 unspecified atom stereocenters. The van der Waals surface area contributed by atoms with E-state index >= 15 is 0 Å². The van der Waals surface area contributed by atoms with E-state index in [1.54, 1.807) is 14.2 Å². The van der Waals surface area contributed by atoms with E-state index in [9.17, 15) is 4.79 Å². The number of hydrogen-bond donors (Lipinski definition) is 3. The second kappa shape index (κ2) is 13.9. The van der Waals surface area contributed by atoms with Gasteiger partial charge in [0.1, 0.15) is 17.3 Å². The fourth-order valence-electron chi connectivity index (χ4n) is 6.10. The van der Waals surface area contributed by atoms with Gasteiger partial charge in [-0.3, -0.25) is 4.79 Å². The van der Waals surface area contributed by atoms with E-state index < -0.39 is 0 Å². The number of methoxy groups -OCH3 is 2. The first-order valence-corrected chi connectivity index (χ1v) is 15.3. The van der Waals surface area contributed by atoms with Gasteiger partial charge >= 0.3 is 0 Å². The van der Waals surface area contributed by atoms with E-state index in [0.717, 1.165) is 54.6 Å². The number of aryl methyl sites for hydroxylation is 2. The van der Waals surface area contributed by atoms with Crippen LogP contribution >= 0.6 is 0 Å². The molecule has 0 spiro atoms. The Morgan fingerprint density at radius 1 is 1.00 bits per heavy atom. The third-order valence-corrected chi connectivity index (χ3v) is 8.50. The molecule has 9 nitrogen and oxygen atoms in total. The van der Waals surface area contributed by atoms with Crippen molar-refractivity contribution in [3.8, 4) is 11.5 Å². The Bertz CT molecular complexity index is 1610. The highest BCUT2D eigenvalue weighted by molar-refractivity contribution is 5.83. The molecule has 9 heteroatoms. The number of fused-ring (bicyclic) bond motifs is 1. The number of nitrogens with one attached hydrogen (secondary N) is 3. The number of benzene rings is 3. The molecule has 44 heavy (non-hydrogen) atoms. The van der Waals surface area contributed by atoms with Crippen LogP contribution < -0.4 is 25.4 Å². The number of ether oxygens (including phenoxy) is 2. The van der Waals surface area contributed by atoms with Gasteiger partial charge in [0.05, 0.1) is 32.8 Å². The summed E-state index contributed by atoms with van der Waals surface area (Å²) in [5, 5.41) is 19.5. The number of piperazine rings is 1. The van der Waals surface area contributed by atoms with Crippen LogP contribution in [-0.2, 0) is 30.6 Å². The van der Waals surface area contributed by atoms with Crippen molar-refractivity contribution in [1.82, 2.24) is 30.7 Å². The second-order valence-corrected chi connectivity index (χ2v) is 11.3. The van der Waals surface area contributed by atoms with Gasteiger partial charge in [-0.2, -0.15) is 0 Å². The summed E-state index contributed by atoms with van der Waals surface area (Å²) in [7, 11) is 3.31. The van der Waals surface area contributed by atoms with Crippen molar-refractivity contribution in [2.75, 3.05) is 33.9 Å². The molecule has 6 rings (SSSR count). The van der Waals surface area contributed by atoms with E-state index in [4.69, 9.17) is 19.7 Å². The predicted molar refractivity (Wildman–Crippen MR) is 171 cm³/mol. The molecule has 2 aliphatic rings. The molecule has 3 N–H and O–H groups in total. The lowest BCUT2D eigenvalue weighted by Crippen LogP contribution is -2.56. The molecule has 1 amide bonds. The van der Waals surface area contributed by atoms with E-state index in [0.29, 0.717) is 25.9 Å². The molecule has 1 aliphatic heterocycles. The Hall–Kier alpha value is -4.47. The van der Waals surface area contributed by atoms with E-state index in [-0.39, 0.29) is 18.0 Å². The van der Waals surface area contributed by atoms with Crippen LogP contribution in [-0.4, -0.2) is 60.6 Å². The normalized spacial score (nSPS) is 16.6. The summed E-state index contributed by atoms with van der Waals surface area (Å²) in [5.74, 6) is 3.00. The van der Waals surface area contributed by atoms with Crippen LogP contribution in [0.3, 0.4) is 0 Å². The van der Waals surface area contributed by atoms with Crippen LogP contribution in [0.2, 0.25) is 0 Å². The van der Waals surface area contributed by atoms with E-state index in [1.807, 2.05) is 24.3 Å². The molecule has 1 fully saturated rings. The lowest BCUT2D eigenvalue weighted by atomic mass is 9.98. The number of hydrogen-bond acceptors (Lipinski definition) is 7. The number of amides is 1. The summed E-state index contributed by atoms with van der Waals surface area (Å²) in [4.78, 5) is 13.6. The summed E-state index contributed by atoms with van der Waals surface area (Å²) < 4.78 is 13.4. The Morgan fingerprint density at radius 3 is 2.64 bits per heavy atom. The number of nitrogens with zero attached hydrogens (tertiary/aromatic N) is 3. The van der Waals surface area contributed by atoms with Gasteiger partial charge in [-0.15, -0.1) is 10.2 Å². The topological polar surface area (TPSA) is 102 Å². The maximum atomic E-state index is 13.6. The van der Waals surface area contributed by atoms with Crippen LogP contribution in [0.15, 0.2) is 78.9 Å². The SMILES string of the molecule is COc1ccc(Cn2c(CCc3ccccc3)nnc2[C@@H](CC2=CCc3ccccc32)NC(=O)C2CNCCN2)c(OC)c1. The molecule has 4 aromatic rings. The largest absolute Gasteiger partial charge is 0.497 e. The Morgan fingerprint density at radius 2 is 1.84 bits per heavy atom. The van der Waals surface area contributed by atoms with Gasteiger partial charge in [-0.1, -0.05) is 60.7 Å². The molecule has 228 valence electrons. The summed E-state index contributed by atoms with van der Waals surface area (Å²) in [6.45, 7) is 2.67. The van der Waals surface area contributed by atoms with Gasteiger partial charge in [0.2, 0.25) is 5.91 Å². The van der Waals surface area contributed by atoms with Gasteiger partial charge in [-0.25, -0.2) is 0 Å². The molecular formula is C35H40N6O3. The quantitative estimate of drug-likeness (QED) is 0.230. The van der Waals surface area contributed by atoms with Crippen molar-refractivity contribution >= 4 is 11.5 Å². The van der Waals surface area contributed by atoms with Crippen LogP contribution in [0.1, 0.15) is 46.4 Å². The number of aromatic nitrogens is 3. The molecule has 1 saturated heterocycles. The summed E-state index contributed by atoms with van der Waals surface area (Å²) in [6.07, 6.45) is 5.30. The Kier molecular flexibility index (Phi) is 9.34. The first-order valence-electron chi connectivity index (χ1n) is 15.3. The van der Waals surface area contributed by atoms with Gasteiger partial charge < -0.3 is 30.0 Å². The average Bonchev–Trinajstić information content (AvgIpc) is 3.68. The number of rotatable bonds is 12. The van der Waals surface area contributed by atoms with Crippen LogP contribution in [0.5, 0.6) is 11.5 Å². The lowest BCUT2D eigenvalue weighted by Gasteiger charge is -2.27. The third kappa shape index (κ3) is 6.69. The van der Waals surface area contributed by atoms with Crippen LogP contribution in [0.25, 0.3) is 5.57 Å². The van der Waals surface area contributed by atoms with E-state index in [1.165, 1.54) is 22.3 Å². The van der Waals surface area contributed by atoms with Crippen molar-refractivity contribution in [1.29, 1.82) is 0 Å². The van der Waals surface area contributed by atoms with E-state index in [2.05, 4.69) is 75.1 Å². The molecule has 2 heterocycles. The number of carbonyl (C=O) groups is 1. The van der Waals surface area contributed by atoms with Crippen molar-refractivity contribution < 1.29 is 14.3 Å². The van der Waals surface area contributed by atoms with Crippen LogP contribution in [0.4, 0.5) is 0 Å². The zero-order valence-electron chi connectivity index (χ0n) is 25.4. The van der Waals surface area contributed by atoms with Gasteiger partial charge in [0.25, 0.3) is 0 Å². The minimum absolute atomic E-state index is 0.0449. The highest BCUT2D eigenvalue weighted by atomic mass is 16.5. The summed E-state index contributed by atoms with van der Waals surface area (Å²) >= 11 is 0. The van der Waals surface area contributed by atoms with Gasteiger partial charge in [-0.05, 0) is 47.2 Å². The Labute approximate surface area is 258 Å². The predicted octanol–water partition coefficient (Wildman–Crippen LogP) is 3.88. The zero-order chi connectivity index (χ0) is 30.3. The highest BCUT2D eigenvalue weighted by Crippen LogP contribution is 2.35. The molecule has 3 aromatic carbocycles. The molecule has 2 atom stereocenters. The monoisotopic (exact) mass is 592 g/mol. The standard InChI is InChI=1S/C35H40N6O3/c1-43-28-16-15-27(32(21-28)44-2)23-41-33(17-12-24-8-4-3-5-9-24)39-40-34(41)30(38-35(42)31-22-36-18-19-37-31)20-26-14-13-25-10-6-7-11-29(25)26/h3-11,14-16,21,30-31,36-37H,12-13,17-20,22-23H2,1-2H3,(H,38,42)/t30-,31?/m1/s1. The minimum atomic E-state index is -0.383. The molecule has 1 aliphatic carbocycles. The van der Waals surface area contributed by atoms with Crippen LogP contribution in [0, 0.1) is 0 Å². The Balaban J connectivity index is 1.37. The maximum absolute atomic E-state index is 13.6. The van der Waals surface area contributed by atoms with Gasteiger partial charge in [0.15, 0.2) is 5.82 Å². The fourth-order valence-corrected chi connectivity index (χ4v) is 6.10. The molecular weight excluding hydrogens is 552 g/mol. The highest BCUT2D eigenvalue weighted by Gasteiger charge is 2.30. The number of allylic oxidation sites excluding steroid dienone is 1. The molecule has 0 saturated carbocycles. The average molecular weight is 593 g/mol. The first-order chi connectivity index (χ1) is 21.6. The minimum Gasteiger partial charge on any atom is -0.497 e. The van der Waals surface area contributed by atoms with Crippen molar-refractivity contribution in [3.05, 3.63) is 113 Å². The molecule has 1 aromatic heterocycles. The van der Waals surface area contributed by atoms with Crippen molar-refractivity contribution in [3.63, 3.8) is 0 Å². The molecule has 0 bridgehead atoms. The van der Waals surface area contributed by atoms with Gasteiger partial charge in [0, 0.05) is 44.1 Å². The first kappa shape index (κ1) is 29.6. The molecule has 0 radical (unpaired) electrons. The summed E-state index contributed by atoms with van der Waals surface area (Å²) in [6, 6.07) is 24.0. The maximum Gasteiger partial charge on any atom is 0.239 e. The van der Waals surface area contributed by atoms with Crippen molar-refractivity contribution in [2.24, 2.45) is 0 Å². The smallest absolute Gasteiger partial charge is 0.239 e. The second-order valence-electron chi connectivity index (χ2n) is 11.3. The zero-order valence-corrected chi connectivity index (χ0v) is 25.4. The number of carbonyl (C=O) groups excluding carboxylic acids is 1.